The van der Waals surface area contributed by atoms with E-state index in [9.17, 15) is 28.5 Å². The smallest absolute Gasteiger partial charge is 0.387 e. The van der Waals surface area contributed by atoms with Crippen LogP contribution in [0.25, 0.3) is 0 Å². The monoisotopic (exact) mass is 413 g/mol. The predicted octanol–water partition coefficient (Wildman–Crippen LogP) is 3.53. The minimum absolute atomic E-state index is 0.0192. The molecule has 2 aromatic carbocycles. The lowest BCUT2D eigenvalue weighted by atomic mass is 10.1. The molecule has 0 heterocycles. The minimum Gasteiger partial charge on any atom is -0.433 e. The maximum atomic E-state index is 12.5. The Morgan fingerprint density at radius 1 is 1.25 bits per heavy atom. The molecule has 0 atom stereocenters. The predicted molar refractivity (Wildman–Crippen MR) is 96.9 cm³/mol. The molecule has 0 aliphatic rings. The van der Waals surface area contributed by atoms with E-state index in [4.69, 9.17) is 11.6 Å². The molecule has 0 spiro atoms. The first-order valence-electron chi connectivity index (χ1n) is 7.76. The van der Waals surface area contributed by atoms with Crippen LogP contribution in [-0.4, -0.2) is 29.9 Å². The molecule has 0 unspecified atom stereocenters. The Bertz CT molecular complexity index is 924. The Kier molecular flexibility index (Phi) is 6.83. The van der Waals surface area contributed by atoms with Crippen LogP contribution in [0, 0.1) is 17.0 Å². The number of carbonyl (C=O) groups excluding carboxylic acids is 2. The number of nitro benzene ring substituents is 1. The van der Waals surface area contributed by atoms with Gasteiger partial charge in [-0.1, -0.05) is 29.8 Å². The van der Waals surface area contributed by atoms with Crippen molar-refractivity contribution >= 4 is 34.8 Å². The molecule has 2 N–H and O–H groups in total. The Morgan fingerprint density at radius 2 is 1.93 bits per heavy atom. The van der Waals surface area contributed by atoms with Crippen molar-refractivity contribution in [2.45, 2.75) is 13.5 Å². The van der Waals surface area contributed by atoms with Crippen molar-refractivity contribution < 1.29 is 28.0 Å². The number of para-hydroxylation sites is 1. The first kappa shape index (κ1) is 21.0. The lowest BCUT2D eigenvalue weighted by Crippen LogP contribution is -2.33. The second-order valence-corrected chi connectivity index (χ2v) is 5.86. The van der Waals surface area contributed by atoms with Gasteiger partial charge in [-0.15, -0.1) is 0 Å². The normalized spacial score (nSPS) is 10.5. The summed E-state index contributed by atoms with van der Waals surface area (Å²) in [7, 11) is 0. The number of anilines is 1. The fourth-order valence-electron chi connectivity index (χ4n) is 2.32. The summed E-state index contributed by atoms with van der Waals surface area (Å²) in [5.74, 6) is -1.92. The number of carbonyl (C=O) groups is 2. The van der Waals surface area contributed by atoms with Crippen molar-refractivity contribution in [1.29, 1.82) is 0 Å². The minimum atomic E-state index is -3.09. The lowest BCUT2D eigenvalue weighted by molar-refractivity contribution is -0.385. The standard InChI is InChI=1S/C17H14ClF2N3O5/c1-9-4-2-7-12(28-17(19)20)15(9)22-13(24)8-21-16(25)14-10(18)5-3-6-11(14)23(26)27/h2-7,17H,8H2,1H3,(H,21,25)(H,22,24). The molecule has 0 saturated carbocycles. The van der Waals surface area contributed by atoms with Crippen LogP contribution in [0.3, 0.4) is 0 Å². The quantitative estimate of drug-likeness (QED) is 0.533. The van der Waals surface area contributed by atoms with E-state index in [0.29, 0.717) is 5.56 Å². The van der Waals surface area contributed by atoms with Crippen LogP contribution in [-0.2, 0) is 4.79 Å². The fraction of sp³-hybridized carbons (Fsp3) is 0.176. The third-order valence-corrected chi connectivity index (χ3v) is 3.85. The Labute approximate surface area is 162 Å². The zero-order chi connectivity index (χ0) is 20.8. The number of hydrogen-bond donors (Lipinski definition) is 2. The van der Waals surface area contributed by atoms with Crippen LogP contribution >= 0.6 is 11.6 Å². The highest BCUT2D eigenvalue weighted by atomic mass is 35.5. The van der Waals surface area contributed by atoms with Crippen molar-refractivity contribution in [1.82, 2.24) is 5.32 Å². The molecular formula is C17H14ClF2N3O5. The average Bonchev–Trinajstić information content (AvgIpc) is 2.61. The van der Waals surface area contributed by atoms with E-state index in [1.54, 1.807) is 13.0 Å². The van der Waals surface area contributed by atoms with Crippen molar-refractivity contribution in [3.63, 3.8) is 0 Å². The number of aryl methyl sites for hydroxylation is 1. The van der Waals surface area contributed by atoms with Gasteiger partial charge in [-0.25, -0.2) is 0 Å². The van der Waals surface area contributed by atoms with Crippen LogP contribution in [0.4, 0.5) is 20.2 Å². The molecule has 11 heteroatoms. The van der Waals surface area contributed by atoms with Crippen LogP contribution in [0.15, 0.2) is 36.4 Å². The number of benzene rings is 2. The summed E-state index contributed by atoms with van der Waals surface area (Å²) in [5, 5.41) is 15.4. The first-order chi connectivity index (χ1) is 13.2. The second-order valence-electron chi connectivity index (χ2n) is 5.45. The molecule has 28 heavy (non-hydrogen) atoms. The topological polar surface area (TPSA) is 111 Å². The van der Waals surface area contributed by atoms with Gasteiger partial charge in [0.05, 0.1) is 22.2 Å². The third kappa shape index (κ3) is 5.13. The molecular weight excluding hydrogens is 400 g/mol. The first-order valence-corrected chi connectivity index (χ1v) is 8.14. The van der Waals surface area contributed by atoms with Crippen molar-refractivity contribution in [2.24, 2.45) is 0 Å². The summed E-state index contributed by atoms with van der Waals surface area (Å²) in [6.45, 7) is -2.10. The molecule has 2 amide bonds. The molecule has 2 rings (SSSR count). The second kappa shape index (κ2) is 9.09. The van der Waals surface area contributed by atoms with Gasteiger partial charge in [0.1, 0.15) is 11.3 Å². The number of amides is 2. The van der Waals surface area contributed by atoms with E-state index in [1.165, 1.54) is 24.3 Å². The maximum absolute atomic E-state index is 12.5. The zero-order valence-electron chi connectivity index (χ0n) is 14.4. The summed E-state index contributed by atoms with van der Waals surface area (Å²) in [5.41, 5.74) is -0.429. The van der Waals surface area contributed by atoms with Crippen LogP contribution in [0.2, 0.25) is 5.02 Å². The molecule has 148 valence electrons. The van der Waals surface area contributed by atoms with E-state index >= 15 is 0 Å². The molecule has 8 nitrogen and oxygen atoms in total. The third-order valence-electron chi connectivity index (χ3n) is 3.54. The summed E-state index contributed by atoms with van der Waals surface area (Å²) in [6.07, 6.45) is 0. The van der Waals surface area contributed by atoms with Gasteiger partial charge < -0.3 is 15.4 Å². The number of alkyl halides is 2. The number of halogens is 3. The van der Waals surface area contributed by atoms with Crippen LogP contribution < -0.4 is 15.4 Å². The lowest BCUT2D eigenvalue weighted by Gasteiger charge is -2.14. The van der Waals surface area contributed by atoms with Gasteiger partial charge in [0, 0.05) is 6.07 Å². The van der Waals surface area contributed by atoms with Crippen LogP contribution in [0.5, 0.6) is 5.75 Å². The number of nitro groups is 1. The van der Waals surface area contributed by atoms with Gasteiger partial charge >= 0.3 is 6.61 Å². The number of ether oxygens (including phenoxy) is 1. The molecule has 0 aliphatic heterocycles. The Balaban J connectivity index is 2.10. The largest absolute Gasteiger partial charge is 0.433 e. The van der Waals surface area contributed by atoms with Gasteiger partial charge in [0.2, 0.25) is 5.91 Å². The van der Waals surface area contributed by atoms with E-state index in [1.807, 2.05) is 0 Å². The van der Waals surface area contributed by atoms with E-state index in [-0.39, 0.29) is 22.0 Å². The van der Waals surface area contributed by atoms with Crippen molar-refractivity contribution in [3.05, 3.63) is 62.7 Å². The molecule has 0 aromatic heterocycles. The maximum Gasteiger partial charge on any atom is 0.387 e. The average molecular weight is 414 g/mol. The summed E-state index contributed by atoms with van der Waals surface area (Å²) >= 11 is 5.85. The SMILES string of the molecule is Cc1cccc(OC(F)F)c1NC(=O)CNC(=O)c1c(Cl)cccc1[N+](=O)[O-]. The van der Waals surface area contributed by atoms with Crippen molar-refractivity contribution in [3.8, 4) is 5.75 Å². The van der Waals surface area contributed by atoms with Gasteiger partial charge in [0.25, 0.3) is 11.6 Å². The number of hydrogen-bond acceptors (Lipinski definition) is 5. The summed E-state index contributed by atoms with van der Waals surface area (Å²) in [4.78, 5) is 34.6. The molecule has 0 aliphatic carbocycles. The summed E-state index contributed by atoms with van der Waals surface area (Å²) < 4.78 is 29.3. The number of nitrogens with zero attached hydrogens (tertiary/aromatic N) is 1. The number of nitrogens with one attached hydrogen (secondary N) is 2. The molecule has 0 bridgehead atoms. The number of rotatable bonds is 7. The zero-order valence-corrected chi connectivity index (χ0v) is 15.1. The Morgan fingerprint density at radius 3 is 2.57 bits per heavy atom. The van der Waals surface area contributed by atoms with Crippen molar-refractivity contribution in [2.75, 3.05) is 11.9 Å². The highest BCUT2D eigenvalue weighted by Gasteiger charge is 2.24. The molecule has 0 fully saturated rings. The van der Waals surface area contributed by atoms with E-state index in [0.717, 1.165) is 6.07 Å². The molecule has 0 saturated heterocycles. The van der Waals surface area contributed by atoms with Crippen LogP contribution in [0.1, 0.15) is 15.9 Å². The van der Waals surface area contributed by atoms with Gasteiger partial charge in [-0.2, -0.15) is 8.78 Å². The molecule has 0 radical (unpaired) electrons. The highest BCUT2D eigenvalue weighted by molar-refractivity contribution is 6.34. The summed E-state index contributed by atoms with van der Waals surface area (Å²) in [6, 6.07) is 8.00. The Hall–Kier alpha value is -3.27. The van der Waals surface area contributed by atoms with E-state index < -0.39 is 35.6 Å². The highest BCUT2D eigenvalue weighted by Crippen LogP contribution is 2.29. The molecule has 2 aromatic rings. The van der Waals surface area contributed by atoms with E-state index in [2.05, 4.69) is 15.4 Å². The van der Waals surface area contributed by atoms with Gasteiger partial charge in [-0.3, -0.25) is 19.7 Å². The fourth-order valence-corrected chi connectivity index (χ4v) is 2.57. The van der Waals surface area contributed by atoms with Gasteiger partial charge in [0.15, 0.2) is 0 Å². The van der Waals surface area contributed by atoms with Gasteiger partial charge in [-0.05, 0) is 24.6 Å².